The van der Waals surface area contributed by atoms with Crippen molar-refractivity contribution in [3.63, 3.8) is 0 Å². The highest BCUT2D eigenvalue weighted by Gasteiger charge is 2.29. The third-order valence-electron chi connectivity index (χ3n) is 3.39. The molecule has 3 atom stereocenters. The normalized spacial score (nSPS) is 25.1. The Morgan fingerprint density at radius 2 is 2.28 bits per heavy atom. The number of aliphatic hydroxyl groups excluding tert-OH is 1. The van der Waals surface area contributed by atoms with Gasteiger partial charge in [0.15, 0.2) is 11.6 Å². The predicted molar refractivity (Wildman–Crippen MR) is 66.2 cm³/mol. The van der Waals surface area contributed by atoms with Crippen LogP contribution in [0.3, 0.4) is 0 Å². The van der Waals surface area contributed by atoms with Gasteiger partial charge < -0.3 is 14.6 Å². The van der Waals surface area contributed by atoms with Crippen LogP contribution >= 0.6 is 0 Å². The summed E-state index contributed by atoms with van der Waals surface area (Å²) in [6.07, 6.45) is 1.35. The summed E-state index contributed by atoms with van der Waals surface area (Å²) in [6, 6.07) is 4.96. The summed E-state index contributed by atoms with van der Waals surface area (Å²) in [7, 11) is 1.43. The molecule has 18 heavy (non-hydrogen) atoms. The van der Waals surface area contributed by atoms with Gasteiger partial charge in [0.25, 0.3) is 0 Å². The molecular formula is C14H19FO3. The Bertz CT molecular complexity index is 408. The fourth-order valence-corrected chi connectivity index (χ4v) is 2.34. The molecule has 0 saturated carbocycles. The summed E-state index contributed by atoms with van der Waals surface area (Å²) >= 11 is 0. The average Bonchev–Trinajstić information content (AvgIpc) is 2.78. The molecule has 1 saturated heterocycles. The molecule has 1 aromatic rings. The minimum Gasteiger partial charge on any atom is -0.494 e. The standard InChI is InChI=1S/C14H19FO3/c1-9-6-7-12(18-9)11(16)8-10-4-3-5-13(17-2)14(10)15/h3-5,9,11-12,16H,6-8H2,1-2H3. The van der Waals surface area contributed by atoms with Crippen LogP contribution in [0.5, 0.6) is 5.75 Å². The zero-order chi connectivity index (χ0) is 13.1. The first-order valence-corrected chi connectivity index (χ1v) is 6.26. The lowest BCUT2D eigenvalue weighted by molar-refractivity contribution is -0.0281. The Morgan fingerprint density at radius 3 is 2.89 bits per heavy atom. The molecule has 1 N–H and O–H groups in total. The second kappa shape index (κ2) is 5.67. The molecule has 1 fully saturated rings. The molecule has 3 unspecified atom stereocenters. The van der Waals surface area contributed by atoms with Crippen LogP contribution < -0.4 is 4.74 Å². The van der Waals surface area contributed by atoms with Crippen molar-refractivity contribution in [1.82, 2.24) is 0 Å². The number of hydrogen-bond acceptors (Lipinski definition) is 3. The van der Waals surface area contributed by atoms with Gasteiger partial charge in [0.1, 0.15) is 0 Å². The number of ether oxygens (including phenoxy) is 2. The molecule has 0 aliphatic carbocycles. The van der Waals surface area contributed by atoms with Gasteiger partial charge in [-0.3, -0.25) is 0 Å². The van der Waals surface area contributed by atoms with Crippen molar-refractivity contribution in [1.29, 1.82) is 0 Å². The summed E-state index contributed by atoms with van der Waals surface area (Å²) in [5, 5.41) is 10.1. The quantitative estimate of drug-likeness (QED) is 0.896. The minimum atomic E-state index is -0.670. The van der Waals surface area contributed by atoms with Crippen LogP contribution in [0, 0.1) is 5.82 Å². The van der Waals surface area contributed by atoms with E-state index < -0.39 is 11.9 Å². The molecule has 100 valence electrons. The van der Waals surface area contributed by atoms with Crippen molar-refractivity contribution < 1.29 is 19.0 Å². The average molecular weight is 254 g/mol. The highest BCUT2D eigenvalue weighted by atomic mass is 19.1. The summed E-state index contributed by atoms with van der Waals surface area (Å²) in [4.78, 5) is 0. The maximum absolute atomic E-state index is 13.9. The van der Waals surface area contributed by atoms with E-state index in [1.807, 2.05) is 6.92 Å². The van der Waals surface area contributed by atoms with Gasteiger partial charge >= 0.3 is 0 Å². The minimum absolute atomic E-state index is 0.180. The van der Waals surface area contributed by atoms with E-state index in [4.69, 9.17) is 9.47 Å². The fraction of sp³-hybridized carbons (Fsp3) is 0.571. The van der Waals surface area contributed by atoms with Crippen molar-refractivity contribution >= 4 is 0 Å². The number of halogens is 1. The summed E-state index contributed by atoms with van der Waals surface area (Å²) in [5.41, 5.74) is 0.463. The number of benzene rings is 1. The van der Waals surface area contributed by atoms with Crippen molar-refractivity contribution in [2.24, 2.45) is 0 Å². The van der Waals surface area contributed by atoms with Gasteiger partial charge in [-0.25, -0.2) is 4.39 Å². The van der Waals surface area contributed by atoms with Gasteiger partial charge in [0, 0.05) is 6.42 Å². The van der Waals surface area contributed by atoms with E-state index in [0.717, 1.165) is 12.8 Å². The van der Waals surface area contributed by atoms with Gasteiger partial charge in [-0.15, -0.1) is 0 Å². The molecule has 0 bridgehead atoms. The molecule has 0 spiro atoms. The van der Waals surface area contributed by atoms with E-state index in [-0.39, 0.29) is 24.4 Å². The molecule has 1 heterocycles. The molecule has 0 radical (unpaired) electrons. The molecule has 0 aromatic heterocycles. The number of methoxy groups -OCH3 is 1. The first-order chi connectivity index (χ1) is 8.61. The number of aliphatic hydroxyl groups is 1. The molecular weight excluding hydrogens is 235 g/mol. The SMILES string of the molecule is COc1cccc(CC(O)C2CCC(C)O2)c1F. The zero-order valence-corrected chi connectivity index (χ0v) is 10.7. The maximum Gasteiger partial charge on any atom is 0.168 e. The maximum atomic E-state index is 13.9. The Labute approximate surface area is 107 Å². The Balaban J connectivity index is 2.05. The van der Waals surface area contributed by atoms with Gasteiger partial charge in [-0.1, -0.05) is 12.1 Å². The van der Waals surface area contributed by atoms with Crippen LogP contribution in [-0.2, 0) is 11.2 Å². The van der Waals surface area contributed by atoms with Crippen LogP contribution in [0.25, 0.3) is 0 Å². The lowest BCUT2D eigenvalue weighted by Crippen LogP contribution is -2.28. The van der Waals surface area contributed by atoms with Crippen molar-refractivity contribution in [3.05, 3.63) is 29.6 Å². The largest absolute Gasteiger partial charge is 0.494 e. The van der Waals surface area contributed by atoms with E-state index in [1.54, 1.807) is 18.2 Å². The van der Waals surface area contributed by atoms with Gasteiger partial charge in [0.2, 0.25) is 0 Å². The molecule has 1 aliphatic heterocycles. The monoisotopic (exact) mass is 254 g/mol. The first-order valence-electron chi connectivity index (χ1n) is 6.26. The van der Waals surface area contributed by atoms with Crippen LogP contribution in [0.1, 0.15) is 25.3 Å². The summed E-state index contributed by atoms with van der Waals surface area (Å²) in [5.74, 6) is -0.189. The van der Waals surface area contributed by atoms with E-state index in [0.29, 0.717) is 5.56 Å². The van der Waals surface area contributed by atoms with Crippen LogP contribution in [0.4, 0.5) is 4.39 Å². The molecule has 1 aliphatic rings. The van der Waals surface area contributed by atoms with Crippen LogP contribution in [0.15, 0.2) is 18.2 Å². The molecule has 0 amide bonds. The predicted octanol–water partition coefficient (Wildman–Crippen LogP) is 2.31. The van der Waals surface area contributed by atoms with E-state index in [2.05, 4.69) is 0 Å². The second-order valence-electron chi connectivity index (χ2n) is 4.77. The van der Waals surface area contributed by atoms with Gasteiger partial charge in [-0.2, -0.15) is 0 Å². The molecule has 3 nitrogen and oxygen atoms in total. The smallest absolute Gasteiger partial charge is 0.168 e. The zero-order valence-electron chi connectivity index (χ0n) is 10.7. The van der Waals surface area contributed by atoms with Crippen molar-refractivity contribution in [2.45, 2.75) is 44.5 Å². The third kappa shape index (κ3) is 2.82. The molecule has 2 rings (SSSR count). The topological polar surface area (TPSA) is 38.7 Å². The highest BCUT2D eigenvalue weighted by Crippen LogP contribution is 2.26. The van der Waals surface area contributed by atoms with Crippen molar-refractivity contribution in [3.8, 4) is 5.75 Å². The second-order valence-corrected chi connectivity index (χ2v) is 4.77. The lowest BCUT2D eigenvalue weighted by Gasteiger charge is -2.19. The summed E-state index contributed by atoms with van der Waals surface area (Å²) in [6.45, 7) is 1.98. The van der Waals surface area contributed by atoms with Crippen molar-refractivity contribution in [2.75, 3.05) is 7.11 Å². The van der Waals surface area contributed by atoms with Crippen LogP contribution in [0.2, 0.25) is 0 Å². The fourth-order valence-electron chi connectivity index (χ4n) is 2.34. The number of rotatable bonds is 4. The lowest BCUT2D eigenvalue weighted by atomic mass is 10.0. The third-order valence-corrected chi connectivity index (χ3v) is 3.39. The number of hydrogen-bond donors (Lipinski definition) is 1. The molecule has 1 aromatic carbocycles. The van der Waals surface area contributed by atoms with Crippen LogP contribution in [-0.4, -0.2) is 30.5 Å². The molecule has 4 heteroatoms. The highest BCUT2D eigenvalue weighted by molar-refractivity contribution is 5.31. The Kier molecular flexibility index (Phi) is 4.19. The van der Waals surface area contributed by atoms with E-state index in [9.17, 15) is 9.50 Å². The Hall–Kier alpha value is -1.13. The first kappa shape index (κ1) is 13.3. The Morgan fingerprint density at radius 1 is 1.50 bits per heavy atom. The van der Waals surface area contributed by atoms with E-state index in [1.165, 1.54) is 7.11 Å². The van der Waals surface area contributed by atoms with Gasteiger partial charge in [0.05, 0.1) is 25.4 Å². The summed E-state index contributed by atoms with van der Waals surface area (Å²) < 4.78 is 24.4. The van der Waals surface area contributed by atoms with E-state index >= 15 is 0 Å². The van der Waals surface area contributed by atoms with Gasteiger partial charge in [-0.05, 0) is 31.4 Å².